The van der Waals surface area contributed by atoms with Crippen molar-refractivity contribution in [1.82, 2.24) is 0 Å². The maximum absolute atomic E-state index is 2.52. The molecular formula is C71H51N. The first-order valence-corrected chi connectivity index (χ1v) is 25.3. The van der Waals surface area contributed by atoms with Gasteiger partial charge in [-0.2, -0.15) is 0 Å². The molecule has 0 aliphatic heterocycles. The highest BCUT2D eigenvalue weighted by molar-refractivity contribution is 5.98. The minimum absolute atomic E-state index is 0.160. The highest BCUT2D eigenvalue weighted by Crippen LogP contribution is 2.61. The third-order valence-corrected chi connectivity index (χ3v) is 16.5. The molecule has 14 rings (SSSR count). The van der Waals surface area contributed by atoms with E-state index >= 15 is 0 Å². The lowest BCUT2D eigenvalue weighted by Crippen LogP contribution is -2.28. The average molecular weight is 918 g/mol. The summed E-state index contributed by atoms with van der Waals surface area (Å²) in [5.74, 6) is 0. The largest absolute Gasteiger partial charge is 0.310 e. The summed E-state index contributed by atoms with van der Waals surface area (Å²) in [7, 11) is 0. The Bertz CT molecular complexity index is 3780. The van der Waals surface area contributed by atoms with Gasteiger partial charge < -0.3 is 4.90 Å². The van der Waals surface area contributed by atoms with Crippen LogP contribution >= 0.6 is 0 Å². The van der Waals surface area contributed by atoms with Gasteiger partial charge >= 0.3 is 0 Å². The molecule has 11 aromatic rings. The van der Waals surface area contributed by atoms with Gasteiger partial charge in [0.1, 0.15) is 0 Å². The standard InChI is InChI=1S/C71H51N/c1-69(2)61-31-16-12-27-56(61)59-46-45-55(47-66(59)69)72(67-36-20-35-65-68(67)60-30-15-19-34-64(60)71(65,51-23-8-4-9-24-51)52-25-10-5-11-26-52)54-43-39-49(40-44-54)48-37-41-53(42-38-48)70(50-21-6-3-7-22-50)62-32-17-13-28-57(62)58-29-14-18-33-63(58)70/h3-47H,1-2H3. The average Bonchev–Trinajstić information content (AvgIpc) is 4.02. The zero-order valence-corrected chi connectivity index (χ0v) is 40.4. The zero-order valence-electron chi connectivity index (χ0n) is 40.4. The van der Waals surface area contributed by atoms with E-state index in [4.69, 9.17) is 0 Å². The van der Waals surface area contributed by atoms with Crippen LogP contribution in [0.3, 0.4) is 0 Å². The smallest absolute Gasteiger partial charge is 0.0714 e. The van der Waals surface area contributed by atoms with Gasteiger partial charge in [-0.05, 0) is 125 Å². The van der Waals surface area contributed by atoms with Crippen molar-refractivity contribution in [3.05, 3.63) is 329 Å². The van der Waals surface area contributed by atoms with Crippen LogP contribution in [0.15, 0.2) is 273 Å². The Labute approximate surface area is 423 Å². The molecule has 0 spiro atoms. The number of hydrogen-bond donors (Lipinski definition) is 0. The fraction of sp³-hybridized carbons (Fsp3) is 0.0704. The molecule has 3 aliphatic carbocycles. The molecule has 0 N–H and O–H groups in total. The fourth-order valence-corrected chi connectivity index (χ4v) is 13.3. The van der Waals surface area contributed by atoms with Gasteiger partial charge in [-0.1, -0.05) is 257 Å². The third kappa shape index (κ3) is 5.89. The highest BCUT2D eigenvalue weighted by atomic mass is 15.1. The summed E-state index contributed by atoms with van der Waals surface area (Å²) in [6, 6.07) is 102. The van der Waals surface area contributed by atoms with Gasteiger partial charge in [-0.25, -0.2) is 0 Å². The van der Waals surface area contributed by atoms with E-state index in [2.05, 4.69) is 292 Å². The third-order valence-electron chi connectivity index (χ3n) is 16.5. The molecule has 0 aromatic heterocycles. The number of rotatable bonds is 8. The summed E-state index contributed by atoms with van der Waals surface area (Å²) in [6.07, 6.45) is 0. The van der Waals surface area contributed by atoms with Gasteiger partial charge in [-0.3, -0.25) is 0 Å². The minimum Gasteiger partial charge on any atom is -0.310 e. The number of nitrogens with zero attached hydrogens (tertiary/aromatic N) is 1. The van der Waals surface area contributed by atoms with E-state index in [1.54, 1.807) is 0 Å². The summed E-state index contributed by atoms with van der Waals surface area (Å²) in [5, 5.41) is 0. The van der Waals surface area contributed by atoms with Gasteiger partial charge in [0.2, 0.25) is 0 Å². The Morgan fingerprint density at radius 1 is 0.264 bits per heavy atom. The lowest BCUT2D eigenvalue weighted by Gasteiger charge is -2.34. The van der Waals surface area contributed by atoms with Gasteiger partial charge in [0, 0.05) is 22.4 Å². The van der Waals surface area contributed by atoms with Crippen LogP contribution in [0.4, 0.5) is 17.1 Å². The predicted molar refractivity (Wildman–Crippen MR) is 299 cm³/mol. The SMILES string of the molecule is CC1(C)c2ccccc2-c2ccc(N(c3ccc(-c4ccc(C5(c6ccccc6)c6ccccc6-c6ccccc65)cc4)cc3)c3cccc4c3-c3ccccc3C4(c3ccccc3)c3ccccc3)cc21. The van der Waals surface area contributed by atoms with E-state index in [1.807, 2.05) is 0 Å². The second kappa shape index (κ2) is 16.1. The van der Waals surface area contributed by atoms with Crippen LogP contribution < -0.4 is 4.90 Å². The van der Waals surface area contributed by atoms with Crippen LogP contribution in [-0.4, -0.2) is 0 Å². The molecule has 3 aliphatic rings. The van der Waals surface area contributed by atoms with Crippen molar-refractivity contribution in [2.24, 2.45) is 0 Å². The summed E-state index contributed by atoms with van der Waals surface area (Å²) >= 11 is 0. The molecule has 0 saturated heterocycles. The van der Waals surface area contributed by atoms with E-state index in [0.29, 0.717) is 0 Å². The lowest BCUT2D eigenvalue weighted by molar-refractivity contribution is 0.660. The van der Waals surface area contributed by atoms with Crippen LogP contribution in [0.5, 0.6) is 0 Å². The second-order valence-corrected chi connectivity index (χ2v) is 20.3. The first-order chi connectivity index (χ1) is 35.5. The van der Waals surface area contributed by atoms with Crippen molar-refractivity contribution in [1.29, 1.82) is 0 Å². The molecule has 0 unspecified atom stereocenters. The normalized spacial score (nSPS) is 14.6. The molecule has 11 aromatic carbocycles. The number of fused-ring (bicyclic) bond motifs is 9. The van der Waals surface area contributed by atoms with Crippen LogP contribution in [-0.2, 0) is 16.2 Å². The molecule has 0 amide bonds. The van der Waals surface area contributed by atoms with Crippen LogP contribution in [0.1, 0.15) is 69.5 Å². The van der Waals surface area contributed by atoms with Gasteiger partial charge in [-0.15, -0.1) is 0 Å². The number of hydrogen-bond acceptors (Lipinski definition) is 1. The molecular weight excluding hydrogens is 867 g/mol. The quantitative estimate of drug-likeness (QED) is 0.147. The van der Waals surface area contributed by atoms with Crippen LogP contribution in [0.25, 0.3) is 44.5 Å². The van der Waals surface area contributed by atoms with Gasteiger partial charge in [0.15, 0.2) is 0 Å². The molecule has 0 bridgehead atoms. The van der Waals surface area contributed by atoms with Gasteiger partial charge in [0.05, 0.1) is 16.5 Å². The van der Waals surface area contributed by atoms with E-state index in [9.17, 15) is 0 Å². The molecule has 340 valence electrons. The van der Waals surface area contributed by atoms with Gasteiger partial charge in [0.25, 0.3) is 0 Å². The maximum Gasteiger partial charge on any atom is 0.0714 e. The van der Waals surface area contributed by atoms with Crippen molar-refractivity contribution < 1.29 is 0 Å². The highest BCUT2D eigenvalue weighted by Gasteiger charge is 2.48. The molecule has 0 fully saturated rings. The molecule has 1 heteroatoms. The number of benzene rings is 11. The van der Waals surface area contributed by atoms with Crippen molar-refractivity contribution >= 4 is 17.1 Å². The Hall–Kier alpha value is -8.78. The fourth-order valence-electron chi connectivity index (χ4n) is 13.3. The Balaban J connectivity index is 0.935. The monoisotopic (exact) mass is 917 g/mol. The van der Waals surface area contributed by atoms with Crippen LogP contribution in [0, 0.1) is 0 Å². The molecule has 1 nitrogen and oxygen atoms in total. The maximum atomic E-state index is 2.52. The van der Waals surface area contributed by atoms with Crippen molar-refractivity contribution in [2.75, 3.05) is 4.90 Å². The summed E-state index contributed by atoms with van der Waals surface area (Å²) < 4.78 is 0. The Morgan fingerprint density at radius 3 is 1.18 bits per heavy atom. The second-order valence-electron chi connectivity index (χ2n) is 20.3. The van der Waals surface area contributed by atoms with E-state index in [0.717, 1.165) is 17.1 Å². The van der Waals surface area contributed by atoms with E-state index in [1.165, 1.54) is 100 Å². The molecule has 0 radical (unpaired) electrons. The summed E-state index contributed by atoms with van der Waals surface area (Å²) in [6.45, 7) is 4.75. The Morgan fingerprint density at radius 2 is 0.639 bits per heavy atom. The summed E-state index contributed by atoms with van der Waals surface area (Å²) in [5.41, 5.74) is 25.4. The summed E-state index contributed by atoms with van der Waals surface area (Å²) in [4.78, 5) is 2.52. The molecule has 0 saturated carbocycles. The van der Waals surface area contributed by atoms with E-state index < -0.39 is 10.8 Å². The lowest BCUT2D eigenvalue weighted by atomic mass is 9.67. The van der Waals surface area contributed by atoms with Crippen molar-refractivity contribution in [2.45, 2.75) is 30.1 Å². The first-order valence-electron chi connectivity index (χ1n) is 25.3. The first kappa shape index (κ1) is 42.1. The Kier molecular flexibility index (Phi) is 9.44. The van der Waals surface area contributed by atoms with Crippen LogP contribution in [0.2, 0.25) is 0 Å². The predicted octanol–water partition coefficient (Wildman–Crippen LogP) is 17.9. The number of anilines is 3. The van der Waals surface area contributed by atoms with Crippen molar-refractivity contribution in [3.63, 3.8) is 0 Å². The van der Waals surface area contributed by atoms with Crippen molar-refractivity contribution in [3.8, 4) is 44.5 Å². The zero-order chi connectivity index (χ0) is 48.0. The molecule has 72 heavy (non-hydrogen) atoms. The minimum atomic E-state index is -0.518. The van der Waals surface area contributed by atoms with E-state index in [-0.39, 0.29) is 5.41 Å². The topological polar surface area (TPSA) is 3.24 Å². The molecule has 0 heterocycles. The molecule has 0 atom stereocenters.